The largest absolute Gasteiger partial charge is 0.418 e. The minimum atomic E-state index is -0.754. The summed E-state index contributed by atoms with van der Waals surface area (Å²) in [5.74, 6) is -1.10. The van der Waals surface area contributed by atoms with Gasteiger partial charge in [0.25, 0.3) is 5.91 Å². The number of nitrogens with two attached hydrogens (primary N) is 1. The summed E-state index contributed by atoms with van der Waals surface area (Å²) < 4.78 is 25.6. The van der Waals surface area contributed by atoms with Crippen LogP contribution in [0.3, 0.4) is 0 Å². The molecular formula is C20H19FN4O3. The Kier molecular flexibility index (Phi) is 5.05. The van der Waals surface area contributed by atoms with Crippen molar-refractivity contribution in [3.05, 3.63) is 66.1 Å². The number of morpholine rings is 1. The molecule has 1 fully saturated rings. The summed E-state index contributed by atoms with van der Waals surface area (Å²) in [4.78, 5) is 16.3. The maximum absolute atomic E-state index is 14.2. The summed E-state index contributed by atoms with van der Waals surface area (Å²) >= 11 is 0. The molecule has 2 N–H and O–H groups in total. The second-order valence-corrected chi connectivity index (χ2v) is 6.23. The van der Waals surface area contributed by atoms with Crippen molar-refractivity contribution < 1.29 is 18.3 Å². The van der Waals surface area contributed by atoms with Crippen molar-refractivity contribution in [2.45, 2.75) is 0 Å². The number of carbonyl (C=O) groups excluding carboxylic acids is 1. The van der Waals surface area contributed by atoms with Gasteiger partial charge in [0.2, 0.25) is 11.8 Å². The predicted octanol–water partition coefficient (Wildman–Crippen LogP) is 2.96. The highest BCUT2D eigenvalue weighted by molar-refractivity contribution is 5.96. The molecule has 1 aromatic heterocycles. The quantitative estimate of drug-likeness (QED) is 0.730. The van der Waals surface area contributed by atoms with Gasteiger partial charge in [-0.1, -0.05) is 30.3 Å². The molecule has 144 valence electrons. The smallest absolute Gasteiger partial charge is 0.273 e. The van der Waals surface area contributed by atoms with Gasteiger partial charge < -0.3 is 14.9 Å². The number of anilines is 2. The molecule has 0 bridgehead atoms. The number of primary amides is 1. The Bertz CT molecular complexity index is 971. The van der Waals surface area contributed by atoms with Crippen molar-refractivity contribution in [2.75, 3.05) is 31.3 Å². The standard InChI is InChI=1S/C20H19FN4O3/c21-16-9-5-4-8-15(16)19-23-17(18(22)26)20(28-19)25(14-6-2-1-3-7-14)24-10-12-27-13-11-24/h1-9H,10-13H2,(H2,22,26). The molecular weight excluding hydrogens is 363 g/mol. The predicted molar refractivity (Wildman–Crippen MR) is 101 cm³/mol. The number of benzene rings is 2. The van der Waals surface area contributed by atoms with Crippen LogP contribution < -0.4 is 10.7 Å². The number of halogens is 1. The van der Waals surface area contributed by atoms with Crippen LogP contribution in [0.15, 0.2) is 59.0 Å². The lowest BCUT2D eigenvalue weighted by molar-refractivity contribution is 0.0361. The monoisotopic (exact) mass is 382 g/mol. The molecule has 2 aromatic carbocycles. The number of ether oxygens (including phenoxy) is 1. The average Bonchev–Trinajstić information content (AvgIpc) is 3.15. The molecule has 1 aliphatic rings. The number of carbonyl (C=O) groups is 1. The molecule has 0 saturated carbocycles. The minimum Gasteiger partial charge on any atom is -0.418 e. The number of hydrogen-bond acceptors (Lipinski definition) is 6. The van der Waals surface area contributed by atoms with E-state index in [2.05, 4.69) is 4.98 Å². The number of oxazole rings is 1. The maximum atomic E-state index is 14.2. The fraction of sp³-hybridized carbons (Fsp3) is 0.200. The third-order valence-electron chi connectivity index (χ3n) is 4.41. The van der Waals surface area contributed by atoms with Crippen molar-refractivity contribution in [3.63, 3.8) is 0 Å². The first kappa shape index (κ1) is 18.1. The highest BCUT2D eigenvalue weighted by atomic mass is 19.1. The van der Waals surface area contributed by atoms with Crippen LogP contribution in [0.2, 0.25) is 0 Å². The SMILES string of the molecule is NC(=O)c1nc(-c2ccccc2F)oc1N(c1ccccc1)N1CCOCC1. The van der Waals surface area contributed by atoms with E-state index < -0.39 is 11.7 Å². The van der Waals surface area contributed by atoms with Crippen LogP contribution in [-0.2, 0) is 4.74 Å². The summed E-state index contributed by atoms with van der Waals surface area (Å²) in [6.45, 7) is 2.23. The van der Waals surface area contributed by atoms with Crippen molar-refractivity contribution in [3.8, 4) is 11.5 Å². The van der Waals surface area contributed by atoms with Crippen molar-refractivity contribution in [1.82, 2.24) is 9.99 Å². The zero-order valence-electron chi connectivity index (χ0n) is 15.0. The summed E-state index contributed by atoms with van der Waals surface area (Å²) in [6, 6.07) is 15.5. The van der Waals surface area contributed by atoms with Crippen LogP contribution in [0.5, 0.6) is 0 Å². The van der Waals surface area contributed by atoms with Gasteiger partial charge in [-0.2, -0.15) is 0 Å². The van der Waals surface area contributed by atoms with E-state index in [1.807, 2.05) is 35.3 Å². The van der Waals surface area contributed by atoms with Crippen molar-refractivity contribution in [2.24, 2.45) is 5.73 Å². The third kappa shape index (κ3) is 3.47. The van der Waals surface area contributed by atoms with Crippen LogP contribution in [0.4, 0.5) is 16.0 Å². The molecule has 1 saturated heterocycles. The zero-order chi connectivity index (χ0) is 19.5. The van der Waals surface area contributed by atoms with Gasteiger partial charge in [-0.15, -0.1) is 0 Å². The summed E-state index contributed by atoms with van der Waals surface area (Å²) in [6.07, 6.45) is 0. The fourth-order valence-corrected chi connectivity index (χ4v) is 3.10. The molecule has 7 nitrogen and oxygen atoms in total. The minimum absolute atomic E-state index is 0.00362. The van der Waals surface area contributed by atoms with E-state index in [-0.39, 0.29) is 23.0 Å². The van der Waals surface area contributed by atoms with E-state index in [1.54, 1.807) is 17.1 Å². The molecule has 0 spiro atoms. The maximum Gasteiger partial charge on any atom is 0.273 e. The van der Waals surface area contributed by atoms with E-state index in [9.17, 15) is 9.18 Å². The highest BCUT2D eigenvalue weighted by Gasteiger charge is 2.30. The lowest BCUT2D eigenvalue weighted by atomic mass is 10.2. The molecule has 0 atom stereocenters. The Morgan fingerprint density at radius 3 is 2.43 bits per heavy atom. The lowest BCUT2D eigenvalue weighted by Crippen LogP contribution is -2.47. The van der Waals surface area contributed by atoms with Crippen LogP contribution in [-0.4, -0.2) is 42.2 Å². The molecule has 0 radical (unpaired) electrons. The molecule has 0 unspecified atom stereocenters. The first-order valence-electron chi connectivity index (χ1n) is 8.88. The van der Waals surface area contributed by atoms with Gasteiger partial charge in [0.05, 0.1) is 24.5 Å². The van der Waals surface area contributed by atoms with Crippen LogP contribution >= 0.6 is 0 Å². The second-order valence-electron chi connectivity index (χ2n) is 6.23. The number of nitrogens with zero attached hydrogens (tertiary/aromatic N) is 3. The van der Waals surface area contributed by atoms with Gasteiger partial charge in [0.1, 0.15) is 5.82 Å². The molecule has 1 aliphatic heterocycles. The number of hydrogen-bond donors (Lipinski definition) is 1. The molecule has 4 rings (SSSR count). The van der Waals surface area contributed by atoms with Crippen molar-refractivity contribution in [1.29, 1.82) is 0 Å². The number of amides is 1. The number of rotatable bonds is 5. The van der Waals surface area contributed by atoms with E-state index in [4.69, 9.17) is 14.9 Å². The zero-order valence-corrected chi connectivity index (χ0v) is 15.0. The Hall–Kier alpha value is -3.23. The van der Waals surface area contributed by atoms with E-state index in [0.29, 0.717) is 26.3 Å². The average molecular weight is 382 g/mol. The first-order valence-corrected chi connectivity index (χ1v) is 8.88. The molecule has 28 heavy (non-hydrogen) atoms. The van der Waals surface area contributed by atoms with Gasteiger partial charge in [0, 0.05) is 13.1 Å². The van der Waals surface area contributed by atoms with Crippen LogP contribution in [0, 0.1) is 5.82 Å². The first-order chi connectivity index (χ1) is 13.6. The Balaban J connectivity index is 1.85. The van der Waals surface area contributed by atoms with Gasteiger partial charge in [-0.25, -0.2) is 19.4 Å². The number of para-hydroxylation sites is 1. The Morgan fingerprint density at radius 1 is 1.07 bits per heavy atom. The number of aromatic nitrogens is 1. The lowest BCUT2D eigenvalue weighted by Gasteiger charge is -2.37. The van der Waals surface area contributed by atoms with E-state index in [1.165, 1.54) is 12.1 Å². The molecule has 2 heterocycles. The van der Waals surface area contributed by atoms with Crippen LogP contribution in [0.25, 0.3) is 11.5 Å². The Morgan fingerprint density at radius 2 is 1.75 bits per heavy atom. The second kappa shape index (κ2) is 7.79. The molecule has 8 heteroatoms. The molecule has 1 amide bonds. The topological polar surface area (TPSA) is 84.8 Å². The molecule has 3 aromatic rings. The van der Waals surface area contributed by atoms with E-state index in [0.717, 1.165) is 5.69 Å². The summed E-state index contributed by atoms with van der Waals surface area (Å²) in [5, 5.41) is 3.73. The summed E-state index contributed by atoms with van der Waals surface area (Å²) in [5.41, 5.74) is 6.43. The van der Waals surface area contributed by atoms with Gasteiger partial charge in [-0.3, -0.25) is 4.79 Å². The molecule has 0 aliphatic carbocycles. The summed E-state index contributed by atoms with van der Waals surface area (Å²) in [7, 11) is 0. The van der Waals surface area contributed by atoms with Crippen molar-refractivity contribution >= 4 is 17.5 Å². The Labute approximate surface area is 161 Å². The normalized spacial score (nSPS) is 14.8. The highest BCUT2D eigenvalue weighted by Crippen LogP contribution is 2.35. The van der Waals surface area contributed by atoms with Gasteiger partial charge in [-0.05, 0) is 24.3 Å². The third-order valence-corrected chi connectivity index (χ3v) is 4.41. The van der Waals surface area contributed by atoms with Gasteiger partial charge >= 0.3 is 0 Å². The van der Waals surface area contributed by atoms with Crippen LogP contribution in [0.1, 0.15) is 10.5 Å². The number of hydrazine groups is 1. The van der Waals surface area contributed by atoms with E-state index >= 15 is 0 Å². The fourth-order valence-electron chi connectivity index (χ4n) is 3.10. The van der Waals surface area contributed by atoms with Gasteiger partial charge in [0.15, 0.2) is 5.69 Å².